The zero-order chi connectivity index (χ0) is 16.0. The summed E-state index contributed by atoms with van der Waals surface area (Å²) < 4.78 is 0. The highest BCUT2D eigenvalue weighted by molar-refractivity contribution is 5.99. The Morgan fingerprint density at radius 1 is 0.957 bits per heavy atom. The first kappa shape index (κ1) is 14.0. The summed E-state index contributed by atoms with van der Waals surface area (Å²) in [4.78, 5) is 14.1. The van der Waals surface area contributed by atoms with Crippen LogP contribution in [0.25, 0.3) is 10.8 Å². The second-order valence-corrected chi connectivity index (χ2v) is 5.96. The number of carbonyl (C=O) groups excluding carboxylic acids is 1. The van der Waals surface area contributed by atoms with Crippen molar-refractivity contribution in [2.45, 2.75) is 12.1 Å². The van der Waals surface area contributed by atoms with Gasteiger partial charge in [0.15, 0.2) is 0 Å². The van der Waals surface area contributed by atoms with Crippen molar-refractivity contribution >= 4 is 16.7 Å². The number of benzene rings is 3. The second kappa shape index (κ2) is 5.21. The fourth-order valence-corrected chi connectivity index (χ4v) is 3.53. The first-order valence-electron chi connectivity index (χ1n) is 7.70. The van der Waals surface area contributed by atoms with Crippen molar-refractivity contribution in [3.8, 4) is 0 Å². The third-order valence-electron chi connectivity index (χ3n) is 4.69. The molecule has 0 unspecified atom stereocenters. The van der Waals surface area contributed by atoms with E-state index in [4.69, 9.17) is 0 Å². The first-order valence-corrected chi connectivity index (χ1v) is 7.70. The lowest BCUT2D eigenvalue weighted by molar-refractivity contribution is 0.0519. The first-order chi connectivity index (χ1) is 11.2. The number of amides is 1. The lowest BCUT2D eigenvalue weighted by Gasteiger charge is -2.27. The number of fused-ring (bicyclic) bond motifs is 2. The molecule has 0 fully saturated rings. The lowest BCUT2D eigenvalue weighted by atomic mass is 9.92. The molecular formula is C20H17NO2. The van der Waals surface area contributed by atoms with Crippen LogP contribution in [0.3, 0.4) is 0 Å². The Morgan fingerprint density at radius 3 is 2.52 bits per heavy atom. The Kier molecular flexibility index (Phi) is 3.17. The van der Waals surface area contributed by atoms with E-state index < -0.39 is 6.10 Å². The summed E-state index contributed by atoms with van der Waals surface area (Å²) >= 11 is 0. The van der Waals surface area contributed by atoms with Gasteiger partial charge in [-0.1, -0.05) is 60.7 Å². The molecule has 1 aliphatic rings. The largest absolute Gasteiger partial charge is 0.386 e. The molecule has 1 aliphatic heterocycles. The molecule has 1 amide bonds. The normalized spacial score (nSPS) is 18.3. The molecule has 1 heterocycles. The van der Waals surface area contributed by atoms with Gasteiger partial charge in [0.05, 0.1) is 6.04 Å². The summed E-state index contributed by atoms with van der Waals surface area (Å²) in [6.07, 6.45) is -0.765. The van der Waals surface area contributed by atoms with E-state index in [1.54, 1.807) is 11.9 Å². The molecule has 0 bridgehead atoms. The topological polar surface area (TPSA) is 40.5 Å². The van der Waals surface area contributed by atoms with Gasteiger partial charge in [0.1, 0.15) is 6.10 Å². The van der Waals surface area contributed by atoms with Crippen LogP contribution < -0.4 is 0 Å². The number of rotatable bonds is 2. The number of hydrogen-bond acceptors (Lipinski definition) is 2. The fourth-order valence-electron chi connectivity index (χ4n) is 3.53. The number of aliphatic hydroxyl groups is 1. The molecule has 3 heteroatoms. The second-order valence-electron chi connectivity index (χ2n) is 5.96. The van der Waals surface area contributed by atoms with Crippen LogP contribution in [-0.4, -0.2) is 23.0 Å². The van der Waals surface area contributed by atoms with E-state index in [9.17, 15) is 9.90 Å². The van der Waals surface area contributed by atoms with Crippen molar-refractivity contribution < 1.29 is 9.90 Å². The Labute approximate surface area is 134 Å². The molecule has 3 nitrogen and oxygen atoms in total. The smallest absolute Gasteiger partial charge is 0.254 e. The molecule has 3 aromatic rings. The standard InChI is InChI=1S/C20H17NO2/c1-21-18(15-10-4-5-11-17(15)20(21)23)19(22)16-12-6-8-13-7-2-3-9-14(13)16/h2-12,18-19,22H,1H3/t18-,19-/m1/s1. The van der Waals surface area contributed by atoms with Gasteiger partial charge in [-0.15, -0.1) is 0 Å². The van der Waals surface area contributed by atoms with Crippen LogP contribution in [0.15, 0.2) is 66.7 Å². The predicted molar refractivity (Wildman–Crippen MR) is 90.2 cm³/mol. The summed E-state index contributed by atoms with van der Waals surface area (Å²) in [5.41, 5.74) is 2.42. The fraction of sp³-hybridized carbons (Fsp3) is 0.150. The maximum absolute atomic E-state index is 12.4. The van der Waals surface area contributed by atoms with E-state index in [0.717, 1.165) is 21.9 Å². The average Bonchev–Trinajstić information content (AvgIpc) is 2.85. The van der Waals surface area contributed by atoms with Crippen LogP contribution in [0.1, 0.15) is 33.6 Å². The Hall–Kier alpha value is -2.65. The van der Waals surface area contributed by atoms with Crippen molar-refractivity contribution in [2.24, 2.45) is 0 Å². The Morgan fingerprint density at radius 2 is 1.65 bits per heavy atom. The van der Waals surface area contributed by atoms with Crippen LogP contribution in [0.2, 0.25) is 0 Å². The Bertz CT molecular complexity index is 898. The zero-order valence-electron chi connectivity index (χ0n) is 12.8. The Balaban J connectivity index is 1.86. The molecule has 0 saturated heterocycles. The third kappa shape index (κ3) is 2.05. The molecule has 2 atom stereocenters. The molecule has 4 rings (SSSR count). The van der Waals surface area contributed by atoms with E-state index in [-0.39, 0.29) is 11.9 Å². The van der Waals surface area contributed by atoms with Crippen molar-refractivity contribution in [1.29, 1.82) is 0 Å². The van der Waals surface area contributed by atoms with Crippen LogP contribution >= 0.6 is 0 Å². The van der Waals surface area contributed by atoms with Gasteiger partial charge in [-0.2, -0.15) is 0 Å². The molecule has 3 aromatic carbocycles. The lowest BCUT2D eigenvalue weighted by Crippen LogP contribution is -2.27. The highest BCUT2D eigenvalue weighted by Crippen LogP contribution is 2.42. The van der Waals surface area contributed by atoms with Gasteiger partial charge in [-0.3, -0.25) is 4.79 Å². The zero-order valence-corrected chi connectivity index (χ0v) is 12.8. The quantitative estimate of drug-likeness (QED) is 0.784. The summed E-state index contributed by atoms with van der Waals surface area (Å²) in [6, 6.07) is 21.1. The van der Waals surface area contributed by atoms with Crippen LogP contribution in [0.5, 0.6) is 0 Å². The van der Waals surface area contributed by atoms with Crippen LogP contribution in [0.4, 0.5) is 0 Å². The van der Waals surface area contributed by atoms with Crippen molar-refractivity contribution in [3.05, 3.63) is 83.4 Å². The number of carbonyl (C=O) groups is 1. The minimum absolute atomic E-state index is 0.0371. The SMILES string of the molecule is CN1C(=O)c2ccccc2[C@@H]1[C@H](O)c1cccc2ccccc12. The minimum atomic E-state index is -0.765. The predicted octanol–water partition coefficient (Wildman–Crippen LogP) is 3.70. The molecule has 114 valence electrons. The molecule has 0 radical (unpaired) electrons. The molecule has 23 heavy (non-hydrogen) atoms. The monoisotopic (exact) mass is 303 g/mol. The average molecular weight is 303 g/mol. The third-order valence-corrected chi connectivity index (χ3v) is 4.69. The summed E-state index contributed by atoms with van der Waals surface area (Å²) in [5.74, 6) is -0.0371. The maximum Gasteiger partial charge on any atom is 0.254 e. The van der Waals surface area contributed by atoms with Gasteiger partial charge >= 0.3 is 0 Å². The van der Waals surface area contributed by atoms with Crippen LogP contribution in [0, 0.1) is 0 Å². The summed E-state index contributed by atoms with van der Waals surface area (Å²) in [6.45, 7) is 0. The van der Waals surface area contributed by atoms with E-state index in [1.807, 2.05) is 66.7 Å². The molecular weight excluding hydrogens is 286 g/mol. The van der Waals surface area contributed by atoms with Crippen molar-refractivity contribution in [1.82, 2.24) is 4.90 Å². The number of aliphatic hydroxyl groups excluding tert-OH is 1. The molecule has 0 saturated carbocycles. The number of nitrogens with zero attached hydrogens (tertiary/aromatic N) is 1. The number of hydrogen-bond donors (Lipinski definition) is 1. The van der Waals surface area contributed by atoms with Gasteiger partial charge in [0.2, 0.25) is 0 Å². The van der Waals surface area contributed by atoms with E-state index in [2.05, 4.69) is 0 Å². The number of likely N-dealkylation sites (N-methyl/N-ethyl adjacent to an activating group) is 1. The van der Waals surface area contributed by atoms with Gasteiger partial charge in [-0.05, 0) is 28.0 Å². The van der Waals surface area contributed by atoms with Crippen molar-refractivity contribution in [2.75, 3.05) is 7.05 Å². The van der Waals surface area contributed by atoms with E-state index in [0.29, 0.717) is 5.56 Å². The van der Waals surface area contributed by atoms with E-state index >= 15 is 0 Å². The highest BCUT2D eigenvalue weighted by atomic mass is 16.3. The van der Waals surface area contributed by atoms with E-state index in [1.165, 1.54) is 0 Å². The molecule has 0 aliphatic carbocycles. The highest BCUT2D eigenvalue weighted by Gasteiger charge is 2.39. The van der Waals surface area contributed by atoms with Crippen molar-refractivity contribution in [3.63, 3.8) is 0 Å². The summed E-state index contributed by atoms with van der Waals surface area (Å²) in [7, 11) is 1.75. The van der Waals surface area contributed by atoms with Gasteiger partial charge in [-0.25, -0.2) is 0 Å². The molecule has 0 aromatic heterocycles. The minimum Gasteiger partial charge on any atom is -0.386 e. The molecule has 1 N–H and O–H groups in total. The van der Waals surface area contributed by atoms with Gasteiger partial charge in [0, 0.05) is 12.6 Å². The van der Waals surface area contributed by atoms with Crippen LogP contribution in [-0.2, 0) is 0 Å². The molecule has 0 spiro atoms. The van der Waals surface area contributed by atoms with Gasteiger partial charge in [0.25, 0.3) is 5.91 Å². The van der Waals surface area contributed by atoms with Gasteiger partial charge < -0.3 is 10.0 Å². The maximum atomic E-state index is 12.4. The summed E-state index contributed by atoms with van der Waals surface area (Å²) in [5, 5.41) is 13.2.